The van der Waals surface area contributed by atoms with E-state index >= 15 is 0 Å². The predicted octanol–water partition coefficient (Wildman–Crippen LogP) is 5.85. The molecule has 0 N–H and O–H groups in total. The first kappa shape index (κ1) is 18.3. The Hall–Kier alpha value is -1.01. The van der Waals surface area contributed by atoms with Gasteiger partial charge in [0.05, 0.1) is 0 Å². The van der Waals surface area contributed by atoms with Crippen molar-refractivity contribution in [3.8, 4) is 5.75 Å². The van der Waals surface area contributed by atoms with E-state index in [2.05, 4.69) is 38.6 Å². The smallest absolute Gasteiger partial charge is 0.414 e. The predicted molar refractivity (Wildman–Crippen MR) is 87.2 cm³/mol. The first-order chi connectivity index (χ1) is 10.4. The second-order valence-electron chi connectivity index (χ2n) is 7.75. The quantitative estimate of drug-likeness (QED) is 0.636. The Kier molecular flexibility index (Phi) is 4.88. The zero-order valence-electron chi connectivity index (χ0n) is 14.3. The van der Waals surface area contributed by atoms with Crippen molar-refractivity contribution in [1.29, 1.82) is 0 Å². The van der Waals surface area contributed by atoms with E-state index in [4.69, 9.17) is 4.43 Å². The van der Waals surface area contributed by atoms with E-state index in [-0.39, 0.29) is 22.8 Å². The maximum Gasteiger partial charge on any atom is 0.573 e. The molecule has 1 aromatic rings. The molecule has 2 rings (SSSR count). The van der Waals surface area contributed by atoms with Crippen molar-refractivity contribution < 1.29 is 22.3 Å². The second kappa shape index (κ2) is 6.13. The number of alkyl halides is 3. The minimum Gasteiger partial charge on any atom is -0.414 e. The van der Waals surface area contributed by atoms with Crippen molar-refractivity contribution in [2.75, 3.05) is 0 Å². The van der Waals surface area contributed by atoms with Gasteiger partial charge in [-0.15, -0.1) is 13.2 Å². The lowest BCUT2D eigenvalue weighted by Gasteiger charge is -2.45. The van der Waals surface area contributed by atoms with Crippen LogP contribution in [0.3, 0.4) is 0 Å². The van der Waals surface area contributed by atoms with Crippen LogP contribution in [0.5, 0.6) is 5.75 Å². The van der Waals surface area contributed by atoms with Crippen LogP contribution in [0.2, 0.25) is 18.1 Å². The normalized spacial score (nSPS) is 22.6. The summed E-state index contributed by atoms with van der Waals surface area (Å²) in [7, 11) is -1.83. The molecule has 0 atom stereocenters. The summed E-state index contributed by atoms with van der Waals surface area (Å²) in [5.74, 6) is -0.0147. The molecule has 23 heavy (non-hydrogen) atoms. The Labute approximate surface area is 137 Å². The van der Waals surface area contributed by atoms with Gasteiger partial charge in [0, 0.05) is 6.10 Å². The summed E-state index contributed by atoms with van der Waals surface area (Å²) >= 11 is 0. The Morgan fingerprint density at radius 2 is 1.61 bits per heavy atom. The third-order valence-electron chi connectivity index (χ3n) is 4.95. The topological polar surface area (TPSA) is 18.5 Å². The molecule has 6 heteroatoms. The summed E-state index contributed by atoms with van der Waals surface area (Å²) in [4.78, 5) is 0. The highest BCUT2D eigenvalue weighted by atomic mass is 28.4. The molecule has 0 heterocycles. The molecule has 0 aliphatic heterocycles. The van der Waals surface area contributed by atoms with Crippen LogP contribution in [0.1, 0.15) is 45.1 Å². The highest BCUT2D eigenvalue weighted by Crippen LogP contribution is 2.47. The maximum atomic E-state index is 12.5. The fraction of sp³-hybridized carbons (Fsp3) is 0.647. The van der Waals surface area contributed by atoms with Crippen LogP contribution in [0.15, 0.2) is 24.3 Å². The lowest BCUT2D eigenvalue weighted by molar-refractivity contribution is -0.275. The molecule has 1 aliphatic rings. The number of hydrogen-bond acceptors (Lipinski definition) is 2. The number of para-hydroxylation sites is 1. The Balaban J connectivity index is 2.01. The molecule has 0 unspecified atom stereocenters. The third kappa shape index (κ3) is 4.50. The van der Waals surface area contributed by atoms with Gasteiger partial charge in [-0.2, -0.15) is 0 Å². The molecule has 0 amide bonds. The third-order valence-corrected chi connectivity index (χ3v) is 9.48. The zero-order valence-corrected chi connectivity index (χ0v) is 15.3. The first-order valence-electron chi connectivity index (χ1n) is 7.91. The number of halogens is 3. The molecule has 0 bridgehead atoms. The number of benzene rings is 1. The summed E-state index contributed by atoms with van der Waals surface area (Å²) in [6, 6.07) is 6.41. The summed E-state index contributed by atoms with van der Waals surface area (Å²) in [6.45, 7) is 10.9. The average Bonchev–Trinajstić information content (AvgIpc) is 2.31. The fourth-order valence-electron chi connectivity index (χ4n) is 2.54. The van der Waals surface area contributed by atoms with Gasteiger partial charge in [0.1, 0.15) is 5.75 Å². The van der Waals surface area contributed by atoms with Crippen molar-refractivity contribution in [3.63, 3.8) is 0 Å². The Morgan fingerprint density at radius 1 is 1.04 bits per heavy atom. The van der Waals surface area contributed by atoms with Crippen LogP contribution in [0.4, 0.5) is 13.2 Å². The van der Waals surface area contributed by atoms with Gasteiger partial charge in [-0.25, -0.2) is 0 Å². The highest BCUT2D eigenvalue weighted by Gasteiger charge is 2.43. The van der Waals surface area contributed by atoms with E-state index in [9.17, 15) is 13.2 Å². The zero-order chi connectivity index (χ0) is 17.5. The van der Waals surface area contributed by atoms with Crippen molar-refractivity contribution in [2.45, 2.75) is 70.1 Å². The van der Waals surface area contributed by atoms with Gasteiger partial charge >= 0.3 is 6.36 Å². The van der Waals surface area contributed by atoms with E-state index in [1.807, 2.05) is 0 Å². The molecular weight excluding hydrogens is 321 g/mol. The van der Waals surface area contributed by atoms with E-state index in [1.165, 1.54) is 6.07 Å². The van der Waals surface area contributed by atoms with Crippen LogP contribution >= 0.6 is 0 Å². The Bertz CT molecular complexity index is 544. The van der Waals surface area contributed by atoms with Gasteiger partial charge in [-0.05, 0) is 48.5 Å². The molecule has 0 radical (unpaired) electrons. The molecule has 0 saturated heterocycles. The molecule has 1 aromatic carbocycles. The van der Waals surface area contributed by atoms with Crippen molar-refractivity contribution in [3.05, 3.63) is 29.8 Å². The summed E-state index contributed by atoms with van der Waals surface area (Å²) in [5.41, 5.74) is 0.625. The largest absolute Gasteiger partial charge is 0.573 e. The summed E-state index contributed by atoms with van der Waals surface area (Å²) < 4.78 is 47.9. The highest BCUT2D eigenvalue weighted by molar-refractivity contribution is 6.74. The van der Waals surface area contributed by atoms with Gasteiger partial charge in [-0.1, -0.05) is 39.0 Å². The van der Waals surface area contributed by atoms with E-state index < -0.39 is 14.7 Å². The standard InChI is InChI=1S/C17H25F3O2Si/c1-16(2,3)23(4,5)22-13-10-12(11-13)14-8-6-7-9-15(14)21-17(18,19)20/h6-9,12-13H,10-11H2,1-5H3. The number of rotatable bonds is 4. The Morgan fingerprint density at radius 3 is 2.13 bits per heavy atom. The van der Waals surface area contributed by atoms with E-state index in [0.717, 1.165) is 12.8 Å². The fourth-order valence-corrected chi connectivity index (χ4v) is 3.92. The molecule has 2 nitrogen and oxygen atoms in total. The van der Waals surface area contributed by atoms with Crippen LogP contribution in [0, 0.1) is 0 Å². The van der Waals surface area contributed by atoms with Crippen molar-refractivity contribution in [2.24, 2.45) is 0 Å². The van der Waals surface area contributed by atoms with Crippen LogP contribution in [-0.2, 0) is 4.43 Å². The SMILES string of the molecule is CC(C)(C)[Si](C)(C)OC1CC(c2ccccc2OC(F)(F)F)C1. The van der Waals surface area contributed by atoms with Crippen molar-refractivity contribution in [1.82, 2.24) is 0 Å². The van der Waals surface area contributed by atoms with Crippen LogP contribution < -0.4 is 4.74 Å². The molecule has 0 aromatic heterocycles. The average molecular weight is 346 g/mol. The van der Waals surface area contributed by atoms with Crippen molar-refractivity contribution >= 4 is 8.32 Å². The van der Waals surface area contributed by atoms with Crippen LogP contribution in [-0.4, -0.2) is 20.8 Å². The molecule has 1 aliphatic carbocycles. The lowest BCUT2D eigenvalue weighted by Crippen LogP contribution is -2.47. The van der Waals surface area contributed by atoms with Crippen LogP contribution in [0.25, 0.3) is 0 Å². The monoisotopic (exact) mass is 346 g/mol. The lowest BCUT2D eigenvalue weighted by atomic mass is 9.77. The second-order valence-corrected chi connectivity index (χ2v) is 12.5. The molecular formula is C17H25F3O2Si. The van der Waals surface area contributed by atoms with E-state index in [1.54, 1.807) is 18.2 Å². The van der Waals surface area contributed by atoms with Gasteiger partial charge < -0.3 is 9.16 Å². The summed E-state index contributed by atoms with van der Waals surface area (Å²) in [6.07, 6.45) is -3.01. The van der Waals surface area contributed by atoms with Gasteiger partial charge in [0.15, 0.2) is 8.32 Å². The molecule has 1 saturated carbocycles. The van der Waals surface area contributed by atoms with Gasteiger partial charge in [0.2, 0.25) is 0 Å². The van der Waals surface area contributed by atoms with Gasteiger partial charge in [0.25, 0.3) is 0 Å². The van der Waals surface area contributed by atoms with Gasteiger partial charge in [-0.3, -0.25) is 0 Å². The number of ether oxygens (including phenoxy) is 1. The molecule has 130 valence electrons. The molecule has 0 spiro atoms. The minimum atomic E-state index is -4.66. The minimum absolute atomic E-state index is 0.0725. The molecule has 1 fully saturated rings. The first-order valence-corrected chi connectivity index (χ1v) is 10.8. The maximum absolute atomic E-state index is 12.5. The summed E-state index contributed by atoms with van der Waals surface area (Å²) in [5, 5.41) is 0.134. The van der Waals surface area contributed by atoms with E-state index in [0.29, 0.717) is 5.56 Å². The number of hydrogen-bond donors (Lipinski definition) is 0.